The molecule has 1 heterocycles. The van der Waals surface area contributed by atoms with Crippen LogP contribution in [0.2, 0.25) is 0 Å². The molecule has 0 atom stereocenters. The van der Waals surface area contributed by atoms with Crippen LogP contribution in [0, 0.1) is 5.41 Å². The number of nitrogens with zero attached hydrogens (tertiary/aromatic N) is 1. The van der Waals surface area contributed by atoms with E-state index in [1.54, 1.807) is 30.5 Å². The van der Waals surface area contributed by atoms with E-state index in [4.69, 9.17) is 5.73 Å². The van der Waals surface area contributed by atoms with Crippen LogP contribution in [0.25, 0.3) is 0 Å². The van der Waals surface area contributed by atoms with Crippen molar-refractivity contribution in [3.8, 4) is 0 Å². The summed E-state index contributed by atoms with van der Waals surface area (Å²) in [5.41, 5.74) is 6.99. The lowest BCUT2D eigenvalue weighted by atomic mass is 9.52. The van der Waals surface area contributed by atoms with Gasteiger partial charge in [-0.3, -0.25) is 4.79 Å². The van der Waals surface area contributed by atoms with Crippen molar-refractivity contribution in [2.24, 2.45) is 11.1 Å². The van der Waals surface area contributed by atoms with Crippen molar-refractivity contribution in [2.45, 2.75) is 44.3 Å². The number of anilines is 1. The van der Waals surface area contributed by atoms with E-state index >= 15 is 0 Å². The summed E-state index contributed by atoms with van der Waals surface area (Å²) < 4.78 is 0. The van der Waals surface area contributed by atoms with E-state index in [-0.39, 0.29) is 12.1 Å². The van der Waals surface area contributed by atoms with Crippen molar-refractivity contribution in [1.82, 2.24) is 15.6 Å². The van der Waals surface area contributed by atoms with Gasteiger partial charge in [0.05, 0.1) is 0 Å². The van der Waals surface area contributed by atoms with Gasteiger partial charge in [-0.25, -0.2) is 9.78 Å². The van der Waals surface area contributed by atoms with Crippen LogP contribution in [-0.2, 0) is 6.54 Å². The topological polar surface area (TPSA) is 109 Å². The van der Waals surface area contributed by atoms with Crippen LogP contribution in [0.1, 0.15) is 41.6 Å². The molecule has 5 N–H and O–H groups in total. The van der Waals surface area contributed by atoms with Gasteiger partial charge in [0.2, 0.25) is 5.91 Å². The van der Waals surface area contributed by atoms with Crippen LogP contribution in [0.15, 0.2) is 48.7 Å². The predicted octanol–water partition coefficient (Wildman–Crippen LogP) is 2.40. The molecule has 0 radical (unpaired) electrons. The zero-order valence-electron chi connectivity index (χ0n) is 15.7. The minimum absolute atomic E-state index is 0.152. The monoisotopic (exact) mass is 379 g/mol. The molecule has 2 aromatic rings. The summed E-state index contributed by atoms with van der Waals surface area (Å²) in [6.45, 7) is 0.415. The van der Waals surface area contributed by atoms with E-state index in [0.29, 0.717) is 23.6 Å². The number of primary amides is 1. The second-order valence-corrected chi connectivity index (χ2v) is 7.96. The molecule has 0 unspecified atom stereocenters. The first kappa shape index (κ1) is 18.3. The van der Waals surface area contributed by atoms with Gasteiger partial charge in [-0.1, -0.05) is 18.2 Å². The smallest absolute Gasteiger partial charge is 0.315 e. The van der Waals surface area contributed by atoms with Crippen LogP contribution >= 0.6 is 0 Å². The van der Waals surface area contributed by atoms with Gasteiger partial charge in [-0.05, 0) is 60.9 Å². The number of hydrogen-bond acceptors (Lipinski definition) is 4. The molecule has 2 aliphatic carbocycles. The maximum absolute atomic E-state index is 12.1. The highest BCUT2D eigenvalue weighted by molar-refractivity contribution is 5.92. The standard InChI is InChI=1S/C21H25N5O2/c22-19(27)15-6-4-14(5-7-15)13-24-20(28)26-17-11-21(12-17)9-16(10-21)25-18-3-1-2-8-23-18/h1-8,16-17H,9-13H2,(H2,22,27)(H,23,25)(H2,24,26,28). The Kier molecular flexibility index (Phi) is 4.90. The third-order valence-corrected chi connectivity index (χ3v) is 5.76. The average molecular weight is 379 g/mol. The Labute approximate surface area is 164 Å². The molecule has 1 aromatic heterocycles. The van der Waals surface area contributed by atoms with Crippen LogP contribution in [0.4, 0.5) is 10.6 Å². The number of pyridine rings is 1. The SMILES string of the molecule is NC(=O)c1ccc(CNC(=O)NC2CC3(C2)CC(Nc2ccccn2)C3)cc1. The highest BCUT2D eigenvalue weighted by atomic mass is 16.2. The maximum atomic E-state index is 12.1. The molecule has 0 bridgehead atoms. The lowest BCUT2D eigenvalue weighted by Crippen LogP contribution is -2.60. The Morgan fingerprint density at radius 3 is 2.39 bits per heavy atom. The normalized spacial score (nSPS) is 25.3. The second kappa shape index (κ2) is 7.50. The Hall–Kier alpha value is -3.09. The van der Waals surface area contributed by atoms with Crippen LogP contribution < -0.4 is 21.7 Å². The molecule has 3 amide bonds. The van der Waals surface area contributed by atoms with E-state index in [2.05, 4.69) is 20.9 Å². The molecule has 28 heavy (non-hydrogen) atoms. The minimum Gasteiger partial charge on any atom is -0.367 e. The van der Waals surface area contributed by atoms with E-state index in [9.17, 15) is 9.59 Å². The second-order valence-electron chi connectivity index (χ2n) is 7.96. The number of nitrogens with two attached hydrogens (primary N) is 1. The molecule has 0 aliphatic heterocycles. The summed E-state index contributed by atoms with van der Waals surface area (Å²) in [4.78, 5) is 27.5. The fraction of sp³-hybridized carbons (Fsp3) is 0.381. The molecule has 1 aromatic carbocycles. The fourth-order valence-electron chi connectivity index (χ4n) is 4.37. The van der Waals surface area contributed by atoms with E-state index in [1.165, 1.54) is 0 Å². The Balaban J connectivity index is 1.14. The van der Waals surface area contributed by atoms with Crippen molar-refractivity contribution in [2.75, 3.05) is 5.32 Å². The number of rotatable bonds is 6. The quantitative estimate of drug-likeness (QED) is 0.618. The molecule has 1 spiro atoms. The molecule has 7 nitrogen and oxygen atoms in total. The number of aromatic nitrogens is 1. The van der Waals surface area contributed by atoms with Crippen LogP contribution in [-0.4, -0.2) is 29.0 Å². The van der Waals surface area contributed by atoms with Gasteiger partial charge >= 0.3 is 6.03 Å². The fourth-order valence-corrected chi connectivity index (χ4v) is 4.37. The molecule has 7 heteroatoms. The predicted molar refractivity (Wildman–Crippen MR) is 107 cm³/mol. The molecule has 2 fully saturated rings. The van der Waals surface area contributed by atoms with Gasteiger partial charge in [0, 0.05) is 30.4 Å². The zero-order valence-corrected chi connectivity index (χ0v) is 15.7. The number of carbonyl (C=O) groups is 2. The summed E-state index contributed by atoms with van der Waals surface area (Å²) in [6, 6.07) is 13.4. The number of amides is 3. The van der Waals surface area contributed by atoms with Crippen LogP contribution in [0.3, 0.4) is 0 Å². The molecule has 146 valence electrons. The average Bonchev–Trinajstić information content (AvgIpc) is 2.64. The Morgan fingerprint density at radius 1 is 1.04 bits per heavy atom. The first-order valence-corrected chi connectivity index (χ1v) is 9.62. The first-order valence-electron chi connectivity index (χ1n) is 9.62. The summed E-state index contributed by atoms with van der Waals surface area (Å²) in [5, 5.41) is 9.38. The van der Waals surface area contributed by atoms with Gasteiger partial charge in [-0.15, -0.1) is 0 Å². The third-order valence-electron chi connectivity index (χ3n) is 5.76. The Morgan fingerprint density at radius 2 is 1.75 bits per heavy atom. The molecule has 2 saturated carbocycles. The maximum Gasteiger partial charge on any atom is 0.315 e. The van der Waals surface area contributed by atoms with Gasteiger partial charge in [0.1, 0.15) is 5.82 Å². The molecular formula is C21H25N5O2. The van der Waals surface area contributed by atoms with Crippen LogP contribution in [0.5, 0.6) is 0 Å². The number of carbonyl (C=O) groups excluding carboxylic acids is 2. The van der Waals surface area contributed by atoms with E-state index in [1.807, 2.05) is 18.2 Å². The lowest BCUT2D eigenvalue weighted by molar-refractivity contribution is -0.00797. The van der Waals surface area contributed by atoms with Gasteiger partial charge in [0.25, 0.3) is 0 Å². The third kappa shape index (κ3) is 4.08. The summed E-state index contributed by atoms with van der Waals surface area (Å²) in [7, 11) is 0. The number of benzene rings is 1. The summed E-state index contributed by atoms with van der Waals surface area (Å²) in [6.07, 6.45) is 6.14. The minimum atomic E-state index is -0.454. The van der Waals surface area contributed by atoms with E-state index < -0.39 is 5.91 Å². The summed E-state index contributed by atoms with van der Waals surface area (Å²) in [5.74, 6) is 0.476. The van der Waals surface area contributed by atoms with Crippen molar-refractivity contribution in [1.29, 1.82) is 0 Å². The van der Waals surface area contributed by atoms with E-state index in [0.717, 1.165) is 37.1 Å². The molecule has 4 rings (SSSR count). The first-order chi connectivity index (χ1) is 13.5. The molecule has 2 aliphatic rings. The largest absolute Gasteiger partial charge is 0.367 e. The van der Waals surface area contributed by atoms with Crippen molar-refractivity contribution in [3.05, 3.63) is 59.8 Å². The highest BCUT2D eigenvalue weighted by Gasteiger charge is 2.53. The van der Waals surface area contributed by atoms with Crippen molar-refractivity contribution in [3.63, 3.8) is 0 Å². The summed E-state index contributed by atoms with van der Waals surface area (Å²) >= 11 is 0. The number of hydrogen-bond donors (Lipinski definition) is 4. The highest BCUT2D eigenvalue weighted by Crippen LogP contribution is 2.56. The van der Waals surface area contributed by atoms with Gasteiger partial charge in [-0.2, -0.15) is 0 Å². The number of nitrogens with one attached hydrogen (secondary N) is 3. The zero-order chi connectivity index (χ0) is 19.6. The molecule has 0 saturated heterocycles. The Bertz CT molecular complexity index is 839. The lowest BCUT2D eigenvalue weighted by Gasteiger charge is -2.57. The van der Waals surface area contributed by atoms with Crippen molar-refractivity contribution >= 4 is 17.8 Å². The van der Waals surface area contributed by atoms with Gasteiger partial charge < -0.3 is 21.7 Å². The van der Waals surface area contributed by atoms with Gasteiger partial charge in [0.15, 0.2) is 0 Å². The number of urea groups is 1. The molecular weight excluding hydrogens is 354 g/mol. The van der Waals surface area contributed by atoms with Crippen molar-refractivity contribution < 1.29 is 9.59 Å².